The minimum atomic E-state index is -1.26. The van der Waals surface area contributed by atoms with Gasteiger partial charge < -0.3 is 10.1 Å². The zero-order chi connectivity index (χ0) is 25.2. The van der Waals surface area contributed by atoms with Crippen molar-refractivity contribution in [2.75, 3.05) is 18.5 Å². The predicted molar refractivity (Wildman–Crippen MR) is 136 cm³/mol. The summed E-state index contributed by atoms with van der Waals surface area (Å²) in [6.45, 7) is 1.99. The molecule has 3 aromatic carbocycles. The second-order valence-electron chi connectivity index (χ2n) is 9.24. The molecule has 6 nitrogen and oxygen atoms in total. The maximum absolute atomic E-state index is 13.8. The lowest BCUT2D eigenvalue weighted by Crippen LogP contribution is -2.57. The van der Waals surface area contributed by atoms with E-state index in [4.69, 9.17) is 27.9 Å². The molecule has 36 heavy (non-hydrogen) atoms. The third kappa shape index (κ3) is 2.95. The second-order valence-corrected chi connectivity index (χ2v) is 10.4. The van der Waals surface area contributed by atoms with Gasteiger partial charge in [-0.15, -0.1) is 23.2 Å². The Morgan fingerprint density at radius 2 is 1.28 bits per heavy atom. The zero-order valence-corrected chi connectivity index (χ0v) is 20.8. The maximum atomic E-state index is 13.8. The Morgan fingerprint density at radius 3 is 1.69 bits per heavy atom. The van der Waals surface area contributed by atoms with E-state index in [1.165, 1.54) is 0 Å². The van der Waals surface area contributed by atoms with Crippen LogP contribution in [0.4, 0.5) is 5.69 Å². The summed E-state index contributed by atoms with van der Waals surface area (Å²) < 4.78 is 5.42. The summed E-state index contributed by atoms with van der Waals surface area (Å²) >= 11 is 14.8. The average Bonchev–Trinajstić information content (AvgIpc) is 3.14. The topological polar surface area (TPSA) is 75.7 Å². The molecule has 182 valence electrons. The summed E-state index contributed by atoms with van der Waals surface area (Å²) in [7, 11) is 0. The smallest absolute Gasteiger partial charge is 0.244 e. The van der Waals surface area contributed by atoms with Crippen LogP contribution >= 0.6 is 23.2 Å². The number of anilines is 1. The highest BCUT2D eigenvalue weighted by molar-refractivity contribution is 6.36. The van der Waals surface area contributed by atoms with Gasteiger partial charge in [-0.3, -0.25) is 19.3 Å². The quantitative estimate of drug-likeness (QED) is 0.393. The van der Waals surface area contributed by atoms with Crippen LogP contribution in [0.1, 0.15) is 29.2 Å². The van der Waals surface area contributed by atoms with Gasteiger partial charge in [-0.05, 0) is 53.4 Å². The lowest BCUT2D eigenvalue weighted by molar-refractivity contribution is -0.142. The van der Waals surface area contributed by atoms with Crippen LogP contribution in [0.2, 0.25) is 0 Å². The number of hydrogen-bond donors (Lipinski definition) is 1. The normalized spacial score (nSPS) is 27.4. The van der Waals surface area contributed by atoms with Crippen LogP contribution in [0.3, 0.4) is 0 Å². The molecule has 0 radical (unpaired) electrons. The molecule has 3 amide bonds. The molecule has 2 atom stereocenters. The maximum Gasteiger partial charge on any atom is 0.244 e. The average molecular weight is 521 g/mol. The van der Waals surface area contributed by atoms with E-state index in [0.29, 0.717) is 18.0 Å². The van der Waals surface area contributed by atoms with Gasteiger partial charge in [-0.1, -0.05) is 48.5 Å². The van der Waals surface area contributed by atoms with Gasteiger partial charge in [0.05, 0.1) is 18.4 Å². The molecule has 3 aromatic rings. The van der Waals surface area contributed by atoms with E-state index >= 15 is 0 Å². The minimum absolute atomic E-state index is 0.426. The number of carbonyl (C=O) groups is 3. The van der Waals surface area contributed by atoms with Crippen molar-refractivity contribution in [2.45, 2.75) is 16.7 Å². The van der Waals surface area contributed by atoms with Crippen LogP contribution in [0.15, 0.2) is 72.8 Å². The SMILES string of the molecule is CCOc1ccc(NC(=O)CN2C(=O)[C@@H]3[C@@H](C2=O)C2(Cl)c4ccccc4C3(Cl)c3ccccc32)cc1. The van der Waals surface area contributed by atoms with Crippen molar-refractivity contribution in [3.8, 4) is 5.75 Å². The van der Waals surface area contributed by atoms with Crippen LogP contribution in [0.5, 0.6) is 5.75 Å². The number of ether oxygens (including phenoxy) is 1. The molecule has 8 heteroatoms. The van der Waals surface area contributed by atoms with Gasteiger partial charge >= 0.3 is 0 Å². The van der Waals surface area contributed by atoms with Crippen molar-refractivity contribution >= 4 is 46.6 Å². The van der Waals surface area contributed by atoms with Gasteiger partial charge in [0.25, 0.3) is 0 Å². The van der Waals surface area contributed by atoms with Gasteiger partial charge in [-0.2, -0.15) is 0 Å². The number of imide groups is 1. The monoisotopic (exact) mass is 520 g/mol. The number of alkyl halides is 2. The second kappa shape index (κ2) is 8.08. The number of hydrogen-bond acceptors (Lipinski definition) is 4. The van der Waals surface area contributed by atoms with Gasteiger partial charge in [-0.25, -0.2) is 0 Å². The van der Waals surface area contributed by atoms with Crippen molar-refractivity contribution in [2.24, 2.45) is 11.8 Å². The summed E-state index contributed by atoms with van der Waals surface area (Å²) in [5.41, 5.74) is 3.43. The highest BCUT2D eigenvalue weighted by Crippen LogP contribution is 2.69. The number of carbonyl (C=O) groups excluding carboxylic acids is 3. The first-order valence-electron chi connectivity index (χ1n) is 11.8. The Kier molecular flexibility index (Phi) is 5.18. The number of nitrogens with zero attached hydrogens (tertiary/aromatic N) is 1. The van der Waals surface area contributed by atoms with Crippen molar-refractivity contribution in [1.29, 1.82) is 0 Å². The molecule has 7 rings (SSSR count). The molecule has 0 saturated carbocycles. The Bertz CT molecular complexity index is 1300. The number of rotatable bonds is 5. The highest BCUT2D eigenvalue weighted by atomic mass is 35.5. The lowest BCUT2D eigenvalue weighted by atomic mass is 9.54. The van der Waals surface area contributed by atoms with Gasteiger partial charge in [0, 0.05) is 5.69 Å². The molecule has 0 spiro atoms. The Hall–Kier alpha value is -3.35. The van der Waals surface area contributed by atoms with Crippen LogP contribution in [-0.4, -0.2) is 35.8 Å². The van der Waals surface area contributed by atoms with Crippen molar-refractivity contribution in [3.63, 3.8) is 0 Å². The first-order chi connectivity index (χ1) is 17.3. The molecular weight excluding hydrogens is 499 g/mol. The molecule has 0 unspecified atom stereocenters. The third-order valence-corrected chi connectivity index (χ3v) is 8.71. The molecule has 1 aliphatic heterocycles. The molecular formula is C28H22Cl2N2O4. The Balaban J connectivity index is 1.35. The summed E-state index contributed by atoms with van der Waals surface area (Å²) in [5, 5.41) is 2.75. The van der Waals surface area contributed by atoms with Crippen molar-refractivity contribution in [3.05, 3.63) is 95.1 Å². The number of amides is 3. The number of benzene rings is 3. The predicted octanol–water partition coefficient (Wildman–Crippen LogP) is 4.62. The largest absolute Gasteiger partial charge is 0.494 e. The number of nitrogens with one attached hydrogen (secondary N) is 1. The molecule has 3 aliphatic carbocycles. The van der Waals surface area contributed by atoms with E-state index < -0.39 is 45.9 Å². The fourth-order valence-corrected chi connectivity index (χ4v) is 7.12. The van der Waals surface area contributed by atoms with Gasteiger partial charge in [0.1, 0.15) is 22.0 Å². The van der Waals surface area contributed by atoms with Crippen LogP contribution in [0.25, 0.3) is 0 Å². The number of halogens is 2. The molecule has 1 saturated heterocycles. The van der Waals surface area contributed by atoms with Crippen LogP contribution < -0.4 is 10.1 Å². The van der Waals surface area contributed by atoms with E-state index in [1.54, 1.807) is 24.3 Å². The van der Waals surface area contributed by atoms with E-state index in [0.717, 1.165) is 27.2 Å². The van der Waals surface area contributed by atoms with Crippen molar-refractivity contribution in [1.82, 2.24) is 4.90 Å². The highest BCUT2D eigenvalue weighted by Gasteiger charge is 2.73. The fraction of sp³-hybridized carbons (Fsp3) is 0.250. The first-order valence-corrected chi connectivity index (χ1v) is 12.5. The zero-order valence-electron chi connectivity index (χ0n) is 19.3. The first kappa shape index (κ1) is 23.1. The minimum Gasteiger partial charge on any atom is -0.494 e. The molecule has 2 bridgehead atoms. The summed E-state index contributed by atoms with van der Waals surface area (Å²) in [4.78, 5) is 38.9. The van der Waals surface area contributed by atoms with Crippen LogP contribution in [-0.2, 0) is 24.1 Å². The third-order valence-electron chi connectivity index (χ3n) is 7.43. The van der Waals surface area contributed by atoms with E-state index in [1.807, 2.05) is 55.5 Å². The van der Waals surface area contributed by atoms with E-state index in [-0.39, 0.29) is 0 Å². The van der Waals surface area contributed by atoms with Crippen LogP contribution in [0, 0.1) is 11.8 Å². The summed E-state index contributed by atoms with van der Waals surface area (Å²) in [6.07, 6.45) is 0. The Morgan fingerprint density at radius 1 is 0.833 bits per heavy atom. The lowest BCUT2D eigenvalue weighted by Gasteiger charge is -2.54. The van der Waals surface area contributed by atoms with Gasteiger partial charge in [0.2, 0.25) is 17.7 Å². The summed E-state index contributed by atoms with van der Waals surface area (Å²) in [5.74, 6) is -2.64. The van der Waals surface area contributed by atoms with Crippen molar-refractivity contribution < 1.29 is 19.1 Å². The Labute approximate surface area is 218 Å². The van der Waals surface area contributed by atoms with E-state index in [2.05, 4.69) is 5.32 Å². The molecule has 0 aromatic heterocycles. The molecule has 4 aliphatic rings. The molecule has 1 fully saturated rings. The standard InChI is InChI=1S/C28H22Cl2N2O4/c1-2-36-17-13-11-16(12-14-17)31-22(33)15-32-25(34)23-24(26(32)35)28(30)19-8-4-3-7-18(19)27(23,29)20-9-5-6-10-21(20)28/h3-14,23-24H,2,15H2,1H3,(H,31,33)/t23-,24-,27?,28?/m0/s1. The number of likely N-dealkylation sites (tertiary alicyclic amines) is 1. The fourth-order valence-electron chi connectivity index (χ4n) is 6.03. The van der Waals surface area contributed by atoms with E-state index in [9.17, 15) is 14.4 Å². The summed E-state index contributed by atoms with van der Waals surface area (Å²) in [6, 6.07) is 21.7. The van der Waals surface area contributed by atoms with Gasteiger partial charge in [0.15, 0.2) is 0 Å². The molecule has 1 N–H and O–H groups in total. The molecule has 1 heterocycles.